The van der Waals surface area contributed by atoms with Crippen LogP contribution in [0.5, 0.6) is 0 Å². The van der Waals surface area contributed by atoms with Crippen LogP contribution in [0.1, 0.15) is 22.3 Å². The minimum Gasteiger partial charge on any atom is -0.409 e. The molecule has 1 unspecified atom stereocenters. The summed E-state index contributed by atoms with van der Waals surface area (Å²) in [6.07, 6.45) is 0.0830. The maximum absolute atomic E-state index is 12.4. The van der Waals surface area contributed by atoms with Crippen molar-refractivity contribution < 1.29 is 14.7 Å². The molecule has 0 spiro atoms. The molecule has 1 aromatic rings. The molecule has 3 N–H and O–H groups in total. The van der Waals surface area contributed by atoms with Gasteiger partial charge in [-0.15, -0.1) is 5.10 Å². The van der Waals surface area contributed by atoms with E-state index in [9.17, 15) is 4.79 Å². The summed E-state index contributed by atoms with van der Waals surface area (Å²) < 4.78 is 9.15. The summed E-state index contributed by atoms with van der Waals surface area (Å²) in [7, 11) is 0. The van der Waals surface area contributed by atoms with Gasteiger partial charge in [-0.3, -0.25) is 4.79 Å². The first kappa shape index (κ1) is 13.7. The van der Waals surface area contributed by atoms with Crippen LogP contribution in [0.2, 0.25) is 0 Å². The van der Waals surface area contributed by atoms with Crippen molar-refractivity contribution >= 4 is 23.3 Å². The van der Waals surface area contributed by atoms with E-state index in [1.165, 1.54) is 0 Å². The summed E-state index contributed by atoms with van der Waals surface area (Å²) in [5, 5.41) is 15.5. The van der Waals surface area contributed by atoms with Gasteiger partial charge in [0.2, 0.25) is 0 Å². The number of hydrogen-bond donors (Lipinski definition) is 2. The highest BCUT2D eigenvalue weighted by molar-refractivity contribution is 7.08. The Hall–Kier alpha value is -1.74. The predicted octanol–water partition coefficient (Wildman–Crippen LogP) is -0.312. The number of hydrogen-bond acceptors (Lipinski definition) is 7. The molecule has 8 nitrogen and oxygen atoms in total. The van der Waals surface area contributed by atoms with E-state index >= 15 is 0 Å². The highest BCUT2D eigenvalue weighted by atomic mass is 32.1. The summed E-state index contributed by atoms with van der Waals surface area (Å²) in [6, 6.07) is 0. The minimum absolute atomic E-state index is 0.0318. The van der Waals surface area contributed by atoms with Crippen LogP contribution in [-0.2, 0) is 11.2 Å². The number of aryl methyl sites for hydroxylation is 1. The fraction of sp³-hybridized carbons (Fsp3) is 0.600. The van der Waals surface area contributed by atoms with E-state index in [2.05, 4.69) is 14.7 Å². The van der Waals surface area contributed by atoms with Crippen molar-refractivity contribution in [1.29, 1.82) is 0 Å². The van der Waals surface area contributed by atoms with Gasteiger partial charge in [0, 0.05) is 6.54 Å². The van der Waals surface area contributed by atoms with E-state index in [0.29, 0.717) is 30.1 Å². The van der Waals surface area contributed by atoms with Gasteiger partial charge < -0.3 is 20.6 Å². The molecule has 104 valence electrons. The van der Waals surface area contributed by atoms with Gasteiger partial charge in [-0.2, -0.15) is 0 Å². The predicted molar refractivity (Wildman–Crippen MR) is 68.3 cm³/mol. The first-order valence-electron chi connectivity index (χ1n) is 5.86. The normalized spacial score (nSPS) is 20.6. The van der Waals surface area contributed by atoms with Crippen LogP contribution in [0.15, 0.2) is 5.16 Å². The fourth-order valence-electron chi connectivity index (χ4n) is 1.82. The Morgan fingerprint density at radius 1 is 1.74 bits per heavy atom. The highest BCUT2D eigenvalue weighted by Gasteiger charge is 2.29. The van der Waals surface area contributed by atoms with Crippen molar-refractivity contribution in [1.82, 2.24) is 14.5 Å². The van der Waals surface area contributed by atoms with Gasteiger partial charge in [-0.05, 0) is 18.0 Å². The minimum atomic E-state index is -0.575. The summed E-state index contributed by atoms with van der Waals surface area (Å²) in [5.74, 6) is -0.165. The zero-order chi connectivity index (χ0) is 13.8. The number of aromatic nitrogens is 2. The fourth-order valence-corrected chi connectivity index (χ4v) is 2.54. The van der Waals surface area contributed by atoms with Gasteiger partial charge in [0.1, 0.15) is 11.0 Å². The van der Waals surface area contributed by atoms with Gasteiger partial charge in [0.05, 0.1) is 18.8 Å². The number of nitrogens with zero attached hydrogens (tertiary/aromatic N) is 4. The van der Waals surface area contributed by atoms with E-state index in [4.69, 9.17) is 15.7 Å². The Bertz CT molecular complexity index is 489. The van der Waals surface area contributed by atoms with Gasteiger partial charge in [-0.1, -0.05) is 16.6 Å². The van der Waals surface area contributed by atoms with E-state index in [1.807, 2.05) is 6.92 Å². The van der Waals surface area contributed by atoms with Crippen LogP contribution in [0.4, 0.5) is 0 Å². The van der Waals surface area contributed by atoms with Crippen LogP contribution in [-0.4, -0.2) is 57.2 Å². The van der Waals surface area contributed by atoms with Crippen molar-refractivity contribution in [3.8, 4) is 0 Å². The molecule has 1 aromatic heterocycles. The molecular weight excluding hydrogens is 270 g/mol. The van der Waals surface area contributed by atoms with E-state index in [1.54, 1.807) is 4.90 Å². The van der Waals surface area contributed by atoms with Crippen LogP contribution in [0.25, 0.3) is 0 Å². The lowest BCUT2D eigenvalue weighted by Crippen LogP contribution is -2.50. The van der Waals surface area contributed by atoms with Crippen LogP contribution in [0.3, 0.4) is 0 Å². The molecule has 1 atom stereocenters. The SMILES string of the molecule is CCc1nnsc1C(=O)N1CCOC(C(N)=NO)C1. The Kier molecular flexibility index (Phi) is 4.27. The first-order chi connectivity index (χ1) is 9.17. The molecule has 0 aromatic carbocycles. The number of carbonyl (C=O) groups is 1. The molecule has 2 rings (SSSR count). The monoisotopic (exact) mass is 285 g/mol. The third-order valence-corrected chi connectivity index (χ3v) is 3.64. The molecular formula is C10H15N5O3S. The third-order valence-electron chi connectivity index (χ3n) is 2.88. The molecule has 9 heteroatoms. The zero-order valence-corrected chi connectivity index (χ0v) is 11.3. The van der Waals surface area contributed by atoms with Gasteiger partial charge in [0.25, 0.3) is 5.91 Å². The maximum atomic E-state index is 12.4. The smallest absolute Gasteiger partial charge is 0.267 e. The van der Waals surface area contributed by atoms with E-state index in [-0.39, 0.29) is 18.3 Å². The molecule has 1 saturated heterocycles. The van der Waals surface area contributed by atoms with Crippen molar-refractivity contribution in [2.24, 2.45) is 10.9 Å². The number of amidine groups is 1. The number of carbonyl (C=O) groups excluding carboxylic acids is 1. The molecule has 0 bridgehead atoms. The Morgan fingerprint density at radius 2 is 2.53 bits per heavy atom. The number of morpholine rings is 1. The molecule has 0 radical (unpaired) electrons. The summed E-state index contributed by atoms with van der Waals surface area (Å²) >= 11 is 1.09. The molecule has 19 heavy (non-hydrogen) atoms. The summed E-state index contributed by atoms with van der Waals surface area (Å²) in [6.45, 7) is 3.00. The van der Waals surface area contributed by atoms with Gasteiger partial charge in [0.15, 0.2) is 5.84 Å². The van der Waals surface area contributed by atoms with Crippen molar-refractivity contribution in [2.45, 2.75) is 19.4 Å². The van der Waals surface area contributed by atoms with Crippen LogP contribution in [0, 0.1) is 0 Å². The average Bonchev–Trinajstić information content (AvgIpc) is 2.94. The molecule has 1 amide bonds. The second kappa shape index (κ2) is 5.93. The Labute approximate surface area is 114 Å². The van der Waals surface area contributed by atoms with Crippen molar-refractivity contribution in [2.75, 3.05) is 19.7 Å². The number of rotatable bonds is 3. The van der Waals surface area contributed by atoms with Crippen LogP contribution < -0.4 is 5.73 Å². The Morgan fingerprint density at radius 3 is 3.21 bits per heavy atom. The zero-order valence-electron chi connectivity index (χ0n) is 10.4. The maximum Gasteiger partial charge on any atom is 0.267 e. The molecule has 1 aliphatic rings. The number of nitrogens with two attached hydrogens (primary N) is 1. The highest BCUT2D eigenvalue weighted by Crippen LogP contribution is 2.16. The molecule has 0 aliphatic carbocycles. The second-order valence-corrected chi connectivity index (χ2v) is 4.79. The topological polar surface area (TPSA) is 114 Å². The lowest BCUT2D eigenvalue weighted by atomic mass is 10.2. The first-order valence-corrected chi connectivity index (χ1v) is 6.64. The average molecular weight is 285 g/mol. The third kappa shape index (κ3) is 2.82. The molecule has 2 heterocycles. The van der Waals surface area contributed by atoms with E-state index < -0.39 is 6.10 Å². The molecule has 1 aliphatic heterocycles. The second-order valence-electron chi connectivity index (χ2n) is 4.04. The number of ether oxygens (including phenoxy) is 1. The van der Waals surface area contributed by atoms with Gasteiger partial charge >= 0.3 is 0 Å². The summed E-state index contributed by atoms with van der Waals surface area (Å²) in [4.78, 5) is 14.5. The lowest BCUT2D eigenvalue weighted by Gasteiger charge is -2.31. The number of oxime groups is 1. The lowest BCUT2D eigenvalue weighted by molar-refractivity contribution is 0.00693. The Balaban J connectivity index is 2.11. The van der Waals surface area contributed by atoms with Crippen molar-refractivity contribution in [3.63, 3.8) is 0 Å². The largest absolute Gasteiger partial charge is 0.409 e. The van der Waals surface area contributed by atoms with Crippen molar-refractivity contribution in [3.05, 3.63) is 10.6 Å². The quantitative estimate of drug-likeness (QED) is 0.341. The summed E-state index contributed by atoms with van der Waals surface area (Å²) in [5.41, 5.74) is 6.20. The van der Waals surface area contributed by atoms with Crippen LogP contribution >= 0.6 is 11.5 Å². The van der Waals surface area contributed by atoms with Gasteiger partial charge in [-0.25, -0.2) is 0 Å². The molecule has 1 fully saturated rings. The standard InChI is InChI=1S/C10H15N5O3S/c1-2-6-8(19-14-12-6)10(16)15-3-4-18-7(5-15)9(11)13-17/h7,17H,2-5H2,1H3,(H2,11,13). The number of amides is 1. The van der Waals surface area contributed by atoms with E-state index in [0.717, 1.165) is 11.5 Å². The molecule has 0 saturated carbocycles.